The van der Waals surface area contributed by atoms with Gasteiger partial charge in [-0.25, -0.2) is 0 Å². The molecule has 1 fully saturated rings. The van der Waals surface area contributed by atoms with Crippen molar-refractivity contribution < 1.29 is 23.9 Å². The fourth-order valence-corrected chi connectivity index (χ4v) is 1.71. The normalized spacial score (nSPS) is 15.7. The van der Waals surface area contributed by atoms with Gasteiger partial charge in [0.1, 0.15) is 0 Å². The number of amides is 2. The number of ketones is 1. The van der Waals surface area contributed by atoms with Gasteiger partial charge in [0.25, 0.3) is 0 Å². The molecule has 18 heavy (non-hydrogen) atoms. The first-order chi connectivity index (χ1) is 8.54. The summed E-state index contributed by atoms with van der Waals surface area (Å²) in [7, 11) is 0. The van der Waals surface area contributed by atoms with E-state index in [1.165, 1.54) is 0 Å². The van der Waals surface area contributed by atoms with Crippen LogP contribution < -0.4 is 0 Å². The van der Waals surface area contributed by atoms with Gasteiger partial charge in [-0.15, -0.1) is 0 Å². The van der Waals surface area contributed by atoms with Crippen molar-refractivity contribution in [2.75, 3.05) is 13.2 Å². The smallest absolute Gasteiger partial charge is 0.306 e. The Kier molecular flexibility index (Phi) is 5.48. The van der Waals surface area contributed by atoms with Crippen LogP contribution in [0.25, 0.3) is 0 Å². The summed E-state index contributed by atoms with van der Waals surface area (Å²) < 4.78 is 4.69. The van der Waals surface area contributed by atoms with Crippen molar-refractivity contribution in [3.8, 4) is 0 Å². The summed E-state index contributed by atoms with van der Waals surface area (Å²) >= 11 is 0. The topological polar surface area (TPSA) is 80.8 Å². The lowest BCUT2D eigenvalue weighted by Crippen LogP contribution is -2.43. The molecule has 1 rings (SSSR count). The second-order valence-corrected chi connectivity index (χ2v) is 4.07. The minimum absolute atomic E-state index is 0.00407. The summed E-state index contributed by atoms with van der Waals surface area (Å²) in [4.78, 5) is 46.5. The summed E-state index contributed by atoms with van der Waals surface area (Å²) in [5.41, 5.74) is 0. The van der Waals surface area contributed by atoms with E-state index < -0.39 is 5.97 Å². The molecule has 0 aromatic rings. The van der Waals surface area contributed by atoms with Gasteiger partial charge in [0.2, 0.25) is 11.8 Å². The first kappa shape index (κ1) is 14.3. The van der Waals surface area contributed by atoms with Gasteiger partial charge in [0, 0.05) is 19.3 Å². The Morgan fingerprint density at radius 2 is 1.78 bits per heavy atom. The van der Waals surface area contributed by atoms with E-state index in [0.29, 0.717) is 19.3 Å². The molecule has 2 amide bonds. The molecule has 0 bridgehead atoms. The lowest BCUT2D eigenvalue weighted by molar-refractivity contribution is -0.150. The van der Waals surface area contributed by atoms with Crippen molar-refractivity contribution in [2.24, 2.45) is 0 Å². The third-order valence-electron chi connectivity index (χ3n) is 2.63. The van der Waals surface area contributed by atoms with Gasteiger partial charge < -0.3 is 4.74 Å². The summed E-state index contributed by atoms with van der Waals surface area (Å²) in [6.45, 7) is 1.73. The second-order valence-electron chi connectivity index (χ2n) is 4.07. The molecular formula is C12H17NO5. The van der Waals surface area contributed by atoms with Crippen molar-refractivity contribution in [1.29, 1.82) is 0 Å². The van der Waals surface area contributed by atoms with Crippen LogP contribution in [0, 0.1) is 0 Å². The Hall–Kier alpha value is -1.72. The van der Waals surface area contributed by atoms with Crippen LogP contribution >= 0.6 is 0 Å². The molecule has 1 heterocycles. The fraction of sp³-hybridized carbons (Fsp3) is 0.667. The second kappa shape index (κ2) is 6.88. The molecule has 0 radical (unpaired) electrons. The van der Waals surface area contributed by atoms with Crippen LogP contribution in [0.5, 0.6) is 0 Å². The zero-order chi connectivity index (χ0) is 13.5. The van der Waals surface area contributed by atoms with Crippen molar-refractivity contribution in [3.05, 3.63) is 0 Å². The molecule has 0 aromatic heterocycles. The molecule has 100 valence electrons. The minimum atomic E-state index is -0.442. The first-order valence-corrected chi connectivity index (χ1v) is 6.05. The molecular weight excluding hydrogens is 238 g/mol. The number of likely N-dealkylation sites (tertiary alicyclic amines) is 1. The summed E-state index contributed by atoms with van der Waals surface area (Å²) in [5.74, 6) is -1.36. The number of Topliss-reactive ketones (excluding diaryl/α,β-unsaturated/α-hetero) is 1. The average molecular weight is 255 g/mol. The van der Waals surface area contributed by atoms with E-state index in [4.69, 9.17) is 0 Å². The minimum Gasteiger partial charge on any atom is -0.466 e. The molecule has 0 N–H and O–H groups in total. The fourth-order valence-electron chi connectivity index (χ4n) is 1.71. The van der Waals surface area contributed by atoms with Crippen LogP contribution in [0.15, 0.2) is 0 Å². The van der Waals surface area contributed by atoms with Gasteiger partial charge in [0.15, 0.2) is 5.78 Å². The van der Waals surface area contributed by atoms with E-state index in [-0.39, 0.29) is 43.6 Å². The molecule has 0 saturated carbocycles. The number of carbonyl (C=O) groups is 4. The monoisotopic (exact) mass is 255 g/mol. The van der Waals surface area contributed by atoms with Crippen LogP contribution in [-0.2, 0) is 23.9 Å². The number of hydrogen-bond acceptors (Lipinski definition) is 5. The highest BCUT2D eigenvalue weighted by Crippen LogP contribution is 2.12. The molecule has 1 aliphatic rings. The van der Waals surface area contributed by atoms with Crippen molar-refractivity contribution in [3.63, 3.8) is 0 Å². The van der Waals surface area contributed by atoms with Crippen LogP contribution in [0.1, 0.15) is 39.0 Å². The summed E-state index contributed by atoms with van der Waals surface area (Å²) in [6.07, 6.45) is 1.14. The maximum absolute atomic E-state index is 11.6. The van der Waals surface area contributed by atoms with E-state index in [1.807, 2.05) is 0 Å². The SMILES string of the molecule is CCOC(=O)CCC(=O)CN1C(=O)CCCC1=O. The Labute approximate surface area is 105 Å². The van der Waals surface area contributed by atoms with E-state index in [9.17, 15) is 19.2 Å². The lowest BCUT2D eigenvalue weighted by atomic mass is 10.1. The molecule has 1 aliphatic heterocycles. The first-order valence-electron chi connectivity index (χ1n) is 6.05. The molecule has 6 nitrogen and oxygen atoms in total. The number of ether oxygens (including phenoxy) is 1. The Bertz CT molecular complexity index is 347. The largest absolute Gasteiger partial charge is 0.466 e. The standard InChI is InChI=1S/C12H17NO5/c1-2-18-12(17)7-6-9(14)8-13-10(15)4-3-5-11(13)16/h2-8H2,1H3. The summed E-state index contributed by atoms with van der Waals surface area (Å²) in [5, 5.41) is 0. The number of piperidine rings is 1. The van der Waals surface area contributed by atoms with Crippen LogP contribution in [0.3, 0.4) is 0 Å². The van der Waals surface area contributed by atoms with E-state index in [2.05, 4.69) is 4.74 Å². The zero-order valence-electron chi connectivity index (χ0n) is 10.4. The summed E-state index contributed by atoms with van der Waals surface area (Å²) in [6, 6.07) is 0. The maximum atomic E-state index is 11.6. The highest BCUT2D eigenvalue weighted by atomic mass is 16.5. The Morgan fingerprint density at radius 3 is 2.33 bits per heavy atom. The lowest BCUT2D eigenvalue weighted by Gasteiger charge is -2.23. The molecule has 0 aliphatic carbocycles. The molecule has 6 heteroatoms. The molecule has 1 saturated heterocycles. The van der Waals surface area contributed by atoms with E-state index in [1.54, 1.807) is 6.92 Å². The zero-order valence-corrected chi connectivity index (χ0v) is 10.4. The van der Waals surface area contributed by atoms with Gasteiger partial charge in [-0.2, -0.15) is 0 Å². The van der Waals surface area contributed by atoms with Crippen molar-refractivity contribution >= 4 is 23.6 Å². The van der Waals surface area contributed by atoms with Crippen molar-refractivity contribution in [2.45, 2.75) is 39.0 Å². The van der Waals surface area contributed by atoms with Gasteiger partial charge in [-0.05, 0) is 13.3 Å². The van der Waals surface area contributed by atoms with Crippen molar-refractivity contribution in [1.82, 2.24) is 4.90 Å². The van der Waals surface area contributed by atoms with E-state index in [0.717, 1.165) is 4.90 Å². The molecule has 0 spiro atoms. The average Bonchev–Trinajstić information content (AvgIpc) is 2.32. The Morgan fingerprint density at radius 1 is 1.17 bits per heavy atom. The predicted octanol–water partition coefficient (Wildman–Crippen LogP) is 0.438. The number of esters is 1. The van der Waals surface area contributed by atoms with Crippen LogP contribution in [-0.4, -0.2) is 41.6 Å². The predicted molar refractivity (Wildman–Crippen MR) is 61.4 cm³/mol. The van der Waals surface area contributed by atoms with E-state index >= 15 is 0 Å². The number of nitrogens with zero attached hydrogens (tertiary/aromatic N) is 1. The molecule has 0 aromatic carbocycles. The third kappa shape index (κ3) is 4.27. The van der Waals surface area contributed by atoms with Gasteiger partial charge in [0.05, 0.1) is 19.6 Å². The number of carbonyl (C=O) groups excluding carboxylic acids is 4. The highest BCUT2D eigenvalue weighted by Gasteiger charge is 2.27. The van der Waals surface area contributed by atoms with Crippen LogP contribution in [0.4, 0.5) is 0 Å². The third-order valence-corrected chi connectivity index (χ3v) is 2.63. The van der Waals surface area contributed by atoms with Gasteiger partial charge >= 0.3 is 5.97 Å². The Balaban J connectivity index is 2.37. The quantitative estimate of drug-likeness (QED) is 0.508. The van der Waals surface area contributed by atoms with Crippen LogP contribution in [0.2, 0.25) is 0 Å². The number of rotatable bonds is 6. The molecule has 0 atom stereocenters. The van der Waals surface area contributed by atoms with Gasteiger partial charge in [-0.3, -0.25) is 24.1 Å². The molecule has 0 unspecified atom stereocenters. The maximum Gasteiger partial charge on any atom is 0.306 e. The number of imide groups is 1. The van der Waals surface area contributed by atoms with Gasteiger partial charge in [-0.1, -0.05) is 0 Å². The number of hydrogen-bond donors (Lipinski definition) is 0. The highest BCUT2D eigenvalue weighted by molar-refractivity contribution is 6.01.